The first-order chi connectivity index (χ1) is 9.10. The third kappa shape index (κ3) is 12.4. The Kier molecular flexibility index (Phi) is 9.01. The SMILES string of the molecule is CC(C)CC(C)OCC(O)CNCC(=O)NC(C)(C)C. The van der Waals surface area contributed by atoms with E-state index in [9.17, 15) is 9.90 Å². The first kappa shape index (κ1) is 19.4. The number of ether oxygens (including phenoxy) is 1. The highest BCUT2D eigenvalue weighted by Crippen LogP contribution is 2.07. The summed E-state index contributed by atoms with van der Waals surface area (Å²) in [4.78, 5) is 11.5. The van der Waals surface area contributed by atoms with E-state index in [1.807, 2.05) is 27.7 Å². The van der Waals surface area contributed by atoms with Gasteiger partial charge in [0.05, 0.1) is 25.4 Å². The molecule has 5 heteroatoms. The number of nitrogens with one attached hydrogen (secondary N) is 2. The molecule has 0 radical (unpaired) electrons. The van der Waals surface area contributed by atoms with Gasteiger partial charge in [0.2, 0.25) is 5.91 Å². The molecule has 0 aromatic rings. The summed E-state index contributed by atoms with van der Waals surface area (Å²) in [6.07, 6.45) is 0.537. The van der Waals surface area contributed by atoms with Gasteiger partial charge in [0, 0.05) is 12.1 Å². The second-order valence-corrected chi connectivity index (χ2v) is 6.86. The maximum atomic E-state index is 11.5. The van der Waals surface area contributed by atoms with Gasteiger partial charge in [-0.05, 0) is 40.0 Å². The fourth-order valence-electron chi connectivity index (χ4n) is 1.88. The molecule has 0 aromatic heterocycles. The van der Waals surface area contributed by atoms with E-state index in [1.165, 1.54) is 0 Å². The van der Waals surface area contributed by atoms with Crippen molar-refractivity contribution in [2.75, 3.05) is 19.7 Å². The smallest absolute Gasteiger partial charge is 0.234 e. The molecule has 0 rings (SSSR count). The van der Waals surface area contributed by atoms with Crippen molar-refractivity contribution < 1.29 is 14.6 Å². The highest BCUT2D eigenvalue weighted by Gasteiger charge is 2.14. The van der Waals surface area contributed by atoms with Crippen molar-refractivity contribution in [3.8, 4) is 0 Å². The minimum absolute atomic E-state index is 0.0706. The molecule has 1 amide bonds. The average Bonchev–Trinajstić information content (AvgIpc) is 2.22. The van der Waals surface area contributed by atoms with Gasteiger partial charge in [0.15, 0.2) is 0 Å². The average molecular weight is 288 g/mol. The van der Waals surface area contributed by atoms with E-state index >= 15 is 0 Å². The first-order valence-corrected chi connectivity index (χ1v) is 7.41. The Bertz CT molecular complexity index is 275. The Morgan fingerprint density at radius 1 is 1.25 bits per heavy atom. The van der Waals surface area contributed by atoms with Crippen LogP contribution in [0.4, 0.5) is 0 Å². The zero-order chi connectivity index (χ0) is 15.8. The van der Waals surface area contributed by atoms with E-state index in [0.29, 0.717) is 19.1 Å². The summed E-state index contributed by atoms with van der Waals surface area (Å²) in [5, 5.41) is 15.5. The van der Waals surface area contributed by atoms with Gasteiger partial charge in [-0.1, -0.05) is 13.8 Å². The molecule has 0 aliphatic rings. The van der Waals surface area contributed by atoms with Gasteiger partial charge in [-0.3, -0.25) is 4.79 Å². The molecular weight excluding hydrogens is 256 g/mol. The fraction of sp³-hybridized carbons (Fsp3) is 0.933. The van der Waals surface area contributed by atoms with Crippen molar-refractivity contribution >= 4 is 5.91 Å². The lowest BCUT2D eigenvalue weighted by Crippen LogP contribution is -2.46. The summed E-state index contributed by atoms with van der Waals surface area (Å²) < 4.78 is 5.56. The second-order valence-electron chi connectivity index (χ2n) is 6.86. The lowest BCUT2D eigenvalue weighted by Gasteiger charge is -2.21. The highest BCUT2D eigenvalue weighted by atomic mass is 16.5. The summed E-state index contributed by atoms with van der Waals surface area (Å²) in [6.45, 7) is 13.0. The molecule has 5 nitrogen and oxygen atoms in total. The molecule has 20 heavy (non-hydrogen) atoms. The zero-order valence-electron chi connectivity index (χ0n) is 13.8. The molecular formula is C15H32N2O3. The molecule has 0 aromatic carbocycles. The van der Waals surface area contributed by atoms with Crippen molar-refractivity contribution in [2.24, 2.45) is 5.92 Å². The second kappa shape index (κ2) is 9.32. The van der Waals surface area contributed by atoms with Gasteiger partial charge in [-0.25, -0.2) is 0 Å². The van der Waals surface area contributed by atoms with Crippen molar-refractivity contribution in [1.82, 2.24) is 10.6 Å². The van der Waals surface area contributed by atoms with Gasteiger partial charge in [0.1, 0.15) is 0 Å². The Morgan fingerprint density at radius 2 is 1.85 bits per heavy atom. The quantitative estimate of drug-likeness (QED) is 0.598. The van der Waals surface area contributed by atoms with E-state index in [4.69, 9.17) is 4.74 Å². The van der Waals surface area contributed by atoms with E-state index in [1.54, 1.807) is 0 Å². The van der Waals surface area contributed by atoms with Crippen LogP contribution in [0.3, 0.4) is 0 Å². The molecule has 0 spiro atoms. The number of amides is 1. The molecule has 0 aliphatic carbocycles. The number of aliphatic hydroxyl groups excluding tert-OH is 1. The molecule has 3 N–H and O–H groups in total. The predicted octanol–water partition coefficient (Wildman–Crippen LogP) is 1.30. The summed E-state index contributed by atoms with van der Waals surface area (Å²) >= 11 is 0. The lowest BCUT2D eigenvalue weighted by molar-refractivity contribution is -0.121. The lowest BCUT2D eigenvalue weighted by atomic mass is 10.1. The minimum Gasteiger partial charge on any atom is -0.389 e. The Morgan fingerprint density at radius 3 is 2.35 bits per heavy atom. The molecule has 0 fully saturated rings. The number of hydrogen-bond acceptors (Lipinski definition) is 4. The molecule has 0 aliphatic heterocycles. The normalized spacial score (nSPS) is 15.2. The Labute approximate surface area is 123 Å². The Balaban J connectivity index is 3.68. The van der Waals surface area contributed by atoms with Crippen LogP contribution >= 0.6 is 0 Å². The van der Waals surface area contributed by atoms with Crippen LogP contribution in [0, 0.1) is 5.92 Å². The molecule has 2 unspecified atom stereocenters. The maximum absolute atomic E-state index is 11.5. The summed E-state index contributed by atoms with van der Waals surface area (Å²) in [5.74, 6) is 0.514. The molecule has 0 bridgehead atoms. The third-order valence-corrected chi connectivity index (χ3v) is 2.56. The number of carbonyl (C=O) groups excluding carboxylic acids is 1. The summed E-state index contributed by atoms with van der Waals surface area (Å²) in [6, 6.07) is 0. The van der Waals surface area contributed by atoms with Crippen LogP contribution in [0.1, 0.15) is 48.0 Å². The minimum atomic E-state index is -0.591. The van der Waals surface area contributed by atoms with Crippen LogP contribution in [0.2, 0.25) is 0 Å². The van der Waals surface area contributed by atoms with Crippen molar-refractivity contribution in [3.05, 3.63) is 0 Å². The van der Waals surface area contributed by atoms with E-state index < -0.39 is 6.10 Å². The molecule has 120 valence electrons. The molecule has 0 saturated heterocycles. The zero-order valence-corrected chi connectivity index (χ0v) is 13.8. The van der Waals surface area contributed by atoms with Gasteiger partial charge in [0.25, 0.3) is 0 Å². The van der Waals surface area contributed by atoms with Crippen LogP contribution in [0.25, 0.3) is 0 Å². The fourth-order valence-corrected chi connectivity index (χ4v) is 1.88. The van der Waals surface area contributed by atoms with Gasteiger partial charge in [-0.2, -0.15) is 0 Å². The van der Waals surface area contributed by atoms with E-state index in [2.05, 4.69) is 24.5 Å². The van der Waals surface area contributed by atoms with E-state index in [-0.39, 0.29) is 24.1 Å². The van der Waals surface area contributed by atoms with Crippen LogP contribution in [-0.4, -0.2) is 48.5 Å². The van der Waals surface area contributed by atoms with Crippen molar-refractivity contribution in [2.45, 2.75) is 65.7 Å². The van der Waals surface area contributed by atoms with Gasteiger partial charge >= 0.3 is 0 Å². The summed E-state index contributed by atoms with van der Waals surface area (Å²) in [5.41, 5.74) is -0.229. The highest BCUT2D eigenvalue weighted by molar-refractivity contribution is 5.78. The van der Waals surface area contributed by atoms with Crippen LogP contribution in [-0.2, 0) is 9.53 Å². The Hall–Kier alpha value is -0.650. The predicted molar refractivity (Wildman–Crippen MR) is 81.6 cm³/mol. The number of rotatable bonds is 9. The standard InChI is InChI=1S/C15H32N2O3/c1-11(2)7-12(3)20-10-13(18)8-16-9-14(19)17-15(4,5)6/h11-13,16,18H,7-10H2,1-6H3,(H,17,19). The largest absolute Gasteiger partial charge is 0.389 e. The van der Waals surface area contributed by atoms with E-state index in [0.717, 1.165) is 6.42 Å². The van der Waals surface area contributed by atoms with Crippen LogP contribution in [0.15, 0.2) is 0 Å². The van der Waals surface area contributed by atoms with Crippen molar-refractivity contribution in [1.29, 1.82) is 0 Å². The van der Waals surface area contributed by atoms with Crippen LogP contribution in [0.5, 0.6) is 0 Å². The first-order valence-electron chi connectivity index (χ1n) is 7.41. The third-order valence-electron chi connectivity index (χ3n) is 2.56. The number of hydrogen-bond donors (Lipinski definition) is 3. The van der Waals surface area contributed by atoms with Crippen LogP contribution < -0.4 is 10.6 Å². The van der Waals surface area contributed by atoms with Gasteiger partial charge < -0.3 is 20.5 Å². The molecule has 2 atom stereocenters. The monoisotopic (exact) mass is 288 g/mol. The van der Waals surface area contributed by atoms with Gasteiger partial charge in [-0.15, -0.1) is 0 Å². The van der Waals surface area contributed by atoms with Crippen molar-refractivity contribution in [3.63, 3.8) is 0 Å². The maximum Gasteiger partial charge on any atom is 0.234 e. The summed E-state index contributed by atoms with van der Waals surface area (Å²) in [7, 11) is 0. The number of carbonyl (C=O) groups is 1. The topological polar surface area (TPSA) is 70.6 Å². The molecule has 0 heterocycles. The number of aliphatic hydroxyl groups is 1. The molecule has 0 saturated carbocycles.